The molecule has 0 rings (SSSR count). The van der Waals surface area contributed by atoms with Crippen LogP contribution in [0, 0.1) is 0 Å². The fourth-order valence-electron chi connectivity index (χ4n) is 1.19. The lowest BCUT2D eigenvalue weighted by Gasteiger charge is -2.09. The van der Waals surface area contributed by atoms with Crippen LogP contribution in [0.15, 0.2) is 0 Å². The minimum Gasteiger partial charge on any atom is -0.378 e. The fraction of sp³-hybridized carbons (Fsp3) is 0.917. The Kier molecular flexibility index (Phi) is 12.9. The minimum absolute atomic E-state index is 0.0182. The molecule has 0 aliphatic rings. The molecule has 0 atom stereocenters. The van der Waals surface area contributed by atoms with Gasteiger partial charge < -0.3 is 20.1 Å². The number of hydrogen-bond acceptors (Lipinski definition) is 5. The lowest BCUT2D eigenvalue weighted by atomic mass is 10.4. The van der Waals surface area contributed by atoms with Crippen LogP contribution in [0.2, 0.25) is 0 Å². The molecule has 18 heavy (non-hydrogen) atoms. The van der Waals surface area contributed by atoms with Crippen LogP contribution in [0.25, 0.3) is 0 Å². The maximum absolute atomic E-state index is 11.1. The number of carbonyl (C=O) groups excluding carboxylic acids is 1. The summed E-state index contributed by atoms with van der Waals surface area (Å²) < 4.78 is 10.7. The Hall–Kier alpha value is -0.300. The van der Waals surface area contributed by atoms with Gasteiger partial charge in [0.05, 0.1) is 26.4 Å². The zero-order valence-electron chi connectivity index (χ0n) is 11.4. The Morgan fingerprint density at radius 3 is 2.28 bits per heavy atom. The van der Waals surface area contributed by atoms with E-state index in [-0.39, 0.29) is 5.91 Å². The zero-order valence-corrected chi connectivity index (χ0v) is 12.3. The lowest BCUT2D eigenvalue weighted by molar-refractivity contribution is -0.120. The lowest BCUT2D eigenvalue weighted by Crippen LogP contribution is -2.28. The zero-order chi connectivity index (χ0) is 13.6. The van der Waals surface area contributed by atoms with E-state index in [4.69, 9.17) is 9.47 Å². The average molecular weight is 278 g/mol. The van der Waals surface area contributed by atoms with Crippen LogP contribution in [0.5, 0.6) is 0 Å². The van der Waals surface area contributed by atoms with E-state index in [1.807, 2.05) is 0 Å². The molecular formula is C12H26N2O3S. The SMILES string of the molecule is CC(C)NCCOCCOCCNC(=O)CCS. The van der Waals surface area contributed by atoms with Gasteiger partial charge in [-0.2, -0.15) is 12.6 Å². The van der Waals surface area contributed by atoms with Crippen LogP contribution in [0.4, 0.5) is 0 Å². The predicted octanol–water partition coefficient (Wildman–Crippen LogP) is 0.454. The van der Waals surface area contributed by atoms with Crippen LogP contribution >= 0.6 is 12.6 Å². The maximum Gasteiger partial charge on any atom is 0.220 e. The number of nitrogens with one attached hydrogen (secondary N) is 2. The fourth-order valence-corrected chi connectivity index (χ4v) is 1.40. The first-order valence-corrected chi connectivity index (χ1v) is 7.06. The molecule has 0 aromatic carbocycles. The van der Waals surface area contributed by atoms with E-state index in [2.05, 4.69) is 37.1 Å². The first kappa shape index (κ1) is 17.7. The van der Waals surface area contributed by atoms with Gasteiger partial charge in [-0.3, -0.25) is 4.79 Å². The van der Waals surface area contributed by atoms with Crippen LogP contribution in [-0.4, -0.2) is 57.2 Å². The van der Waals surface area contributed by atoms with E-state index >= 15 is 0 Å². The second-order valence-corrected chi connectivity index (χ2v) is 4.60. The standard InChI is InChI=1S/C12H26N2O3S/c1-11(2)13-4-6-16-8-9-17-7-5-14-12(15)3-10-18/h11,13,18H,3-10H2,1-2H3,(H,14,15). The number of thiol groups is 1. The molecule has 2 N–H and O–H groups in total. The molecule has 0 fully saturated rings. The quantitative estimate of drug-likeness (QED) is 0.358. The van der Waals surface area contributed by atoms with E-state index in [1.54, 1.807) is 0 Å². The summed E-state index contributed by atoms with van der Waals surface area (Å²) in [5, 5.41) is 6.01. The molecule has 0 spiro atoms. The molecule has 0 heterocycles. The first-order valence-electron chi connectivity index (χ1n) is 6.43. The Labute approximate surface area is 115 Å². The van der Waals surface area contributed by atoms with E-state index in [9.17, 15) is 4.79 Å². The highest BCUT2D eigenvalue weighted by Gasteiger charge is 1.97. The molecule has 0 saturated heterocycles. The third-order valence-electron chi connectivity index (χ3n) is 2.08. The monoisotopic (exact) mass is 278 g/mol. The van der Waals surface area contributed by atoms with Crippen LogP contribution in [0.3, 0.4) is 0 Å². The minimum atomic E-state index is 0.0182. The Morgan fingerprint density at radius 1 is 1.11 bits per heavy atom. The molecule has 0 aliphatic heterocycles. The number of hydrogen-bond donors (Lipinski definition) is 3. The Balaban J connectivity index is 3.05. The van der Waals surface area contributed by atoms with Crippen molar-refractivity contribution in [3.8, 4) is 0 Å². The highest BCUT2D eigenvalue weighted by Crippen LogP contribution is 1.83. The summed E-state index contributed by atoms with van der Waals surface area (Å²) in [5.41, 5.74) is 0. The molecule has 0 bridgehead atoms. The average Bonchev–Trinajstić information content (AvgIpc) is 2.31. The predicted molar refractivity (Wildman–Crippen MR) is 76.3 cm³/mol. The Morgan fingerprint density at radius 2 is 1.72 bits per heavy atom. The van der Waals surface area contributed by atoms with Crippen molar-refractivity contribution in [2.24, 2.45) is 0 Å². The molecule has 0 aromatic rings. The van der Waals surface area contributed by atoms with Crippen LogP contribution < -0.4 is 10.6 Å². The van der Waals surface area contributed by atoms with E-state index in [0.717, 1.165) is 6.54 Å². The molecule has 0 aliphatic carbocycles. The molecule has 0 aromatic heterocycles. The molecule has 5 nitrogen and oxygen atoms in total. The topological polar surface area (TPSA) is 59.6 Å². The van der Waals surface area contributed by atoms with Gasteiger partial charge in [0.25, 0.3) is 0 Å². The molecular weight excluding hydrogens is 252 g/mol. The largest absolute Gasteiger partial charge is 0.378 e. The third kappa shape index (κ3) is 13.8. The highest BCUT2D eigenvalue weighted by molar-refractivity contribution is 7.80. The van der Waals surface area contributed by atoms with Gasteiger partial charge in [0.2, 0.25) is 5.91 Å². The van der Waals surface area contributed by atoms with Gasteiger partial charge >= 0.3 is 0 Å². The summed E-state index contributed by atoms with van der Waals surface area (Å²) in [7, 11) is 0. The van der Waals surface area contributed by atoms with Gasteiger partial charge in [-0.15, -0.1) is 0 Å². The van der Waals surface area contributed by atoms with Gasteiger partial charge in [0.1, 0.15) is 0 Å². The van der Waals surface area contributed by atoms with E-state index in [0.29, 0.717) is 51.2 Å². The van der Waals surface area contributed by atoms with Gasteiger partial charge in [0, 0.05) is 25.6 Å². The summed E-state index contributed by atoms with van der Waals surface area (Å²) in [5.74, 6) is 0.593. The van der Waals surface area contributed by atoms with Gasteiger partial charge in [-0.05, 0) is 5.75 Å². The second-order valence-electron chi connectivity index (χ2n) is 4.16. The second kappa shape index (κ2) is 13.1. The molecule has 1 amide bonds. The van der Waals surface area contributed by atoms with Crippen LogP contribution in [-0.2, 0) is 14.3 Å². The molecule has 0 saturated carbocycles. The Bertz CT molecular complexity index is 204. The van der Waals surface area contributed by atoms with Crippen molar-refractivity contribution in [2.75, 3.05) is 45.3 Å². The smallest absolute Gasteiger partial charge is 0.220 e. The number of ether oxygens (including phenoxy) is 2. The van der Waals surface area contributed by atoms with Crippen molar-refractivity contribution < 1.29 is 14.3 Å². The normalized spacial score (nSPS) is 10.9. The summed E-state index contributed by atoms with van der Waals surface area (Å²) in [6, 6.07) is 0.491. The third-order valence-corrected chi connectivity index (χ3v) is 2.30. The summed E-state index contributed by atoms with van der Waals surface area (Å²) in [4.78, 5) is 11.1. The van der Waals surface area contributed by atoms with Gasteiger partial charge in [-0.1, -0.05) is 13.8 Å². The van der Waals surface area contributed by atoms with E-state index < -0.39 is 0 Å². The molecule has 108 valence electrons. The van der Waals surface area contributed by atoms with E-state index in [1.165, 1.54) is 0 Å². The van der Waals surface area contributed by atoms with Crippen molar-refractivity contribution in [3.05, 3.63) is 0 Å². The first-order chi connectivity index (χ1) is 8.66. The van der Waals surface area contributed by atoms with Crippen molar-refractivity contribution in [1.82, 2.24) is 10.6 Å². The van der Waals surface area contributed by atoms with Gasteiger partial charge in [0.15, 0.2) is 0 Å². The molecule has 0 unspecified atom stereocenters. The van der Waals surface area contributed by atoms with Crippen molar-refractivity contribution in [3.63, 3.8) is 0 Å². The van der Waals surface area contributed by atoms with Crippen LogP contribution in [0.1, 0.15) is 20.3 Å². The van der Waals surface area contributed by atoms with Crippen molar-refractivity contribution >= 4 is 18.5 Å². The molecule has 6 heteroatoms. The highest BCUT2D eigenvalue weighted by atomic mass is 32.1. The maximum atomic E-state index is 11.1. The summed E-state index contributed by atoms with van der Waals surface area (Å²) in [6.07, 6.45) is 0.453. The van der Waals surface area contributed by atoms with Crippen molar-refractivity contribution in [2.45, 2.75) is 26.3 Å². The number of carbonyl (C=O) groups is 1. The van der Waals surface area contributed by atoms with Gasteiger partial charge in [-0.25, -0.2) is 0 Å². The molecule has 0 radical (unpaired) electrons. The number of amides is 1. The number of rotatable bonds is 12. The summed E-state index contributed by atoms with van der Waals surface area (Å²) in [6.45, 7) is 7.97. The van der Waals surface area contributed by atoms with Crippen molar-refractivity contribution in [1.29, 1.82) is 0 Å². The summed E-state index contributed by atoms with van der Waals surface area (Å²) >= 11 is 3.98.